The molecule has 0 saturated carbocycles. The SMILES string of the molecule is O=C(CCl)N(c1ccccc1)[C@@H]1CCS(=O)(=O)C1. The van der Waals surface area contributed by atoms with Crippen molar-refractivity contribution in [1.29, 1.82) is 0 Å². The molecule has 18 heavy (non-hydrogen) atoms. The van der Waals surface area contributed by atoms with Gasteiger partial charge in [-0.2, -0.15) is 0 Å². The molecule has 0 bridgehead atoms. The van der Waals surface area contributed by atoms with Crippen molar-refractivity contribution in [3.05, 3.63) is 30.3 Å². The van der Waals surface area contributed by atoms with Crippen LogP contribution in [0.5, 0.6) is 0 Å². The molecule has 1 aromatic carbocycles. The van der Waals surface area contributed by atoms with E-state index in [1.807, 2.05) is 18.2 Å². The molecule has 1 amide bonds. The minimum Gasteiger partial charge on any atom is -0.307 e. The number of anilines is 1. The van der Waals surface area contributed by atoms with Crippen LogP contribution in [0.4, 0.5) is 5.69 Å². The Bertz CT molecular complexity index is 530. The van der Waals surface area contributed by atoms with Gasteiger partial charge in [0.15, 0.2) is 9.84 Å². The predicted molar refractivity (Wildman–Crippen MR) is 71.7 cm³/mol. The summed E-state index contributed by atoms with van der Waals surface area (Å²) in [5, 5.41) is 0. The maximum Gasteiger partial charge on any atom is 0.242 e. The largest absolute Gasteiger partial charge is 0.307 e. The molecule has 1 aliphatic rings. The van der Waals surface area contributed by atoms with Gasteiger partial charge in [0, 0.05) is 5.69 Å². The highest BCUT2D eigenvalue weighted by atomic mass is 35.5. The van der Waals surface area contributed by atoms with Crippen molar-refractivity contribution in [2.75, 3.05) is 22.3 Å². The molecule has 1 saturated heterocycles. The summed E-state index contributed by atoms with van der Waals surface area (Å²) in [6.45, 7) is 0. The average Bonchev–Trinajstić information content (AvgIpc) is 2.71. The summed E-state index contributed by atoms with van der Waals surface area (Å²) in [5.41, 5.74) is 0.699. The first-order chi connectivity index (χ1) is 8.53. The van der Waals surface area contributed by atoms with Gasteiger partial charge < -0.3 is 4.90 Å². The van der Waals surface area contributed by atoms with E-state index >= 15 is 0 Å². The van der Waals surface area contributed by atoms with Crippen molar-refractivity contribution in [3.8, 4) is 0 Å². The van der Waals surface area contributed by atoms with Crippen molar-refractivity contribution < 1.29 is 13.2 Å². The normalized spacial score (nSPS) is 21.7. The number of halogens is 1. The molecule has 6 heteroatoms. The quantitative estimate of drug-likeness (QED) is 0.791. The molecule has 0 N–H and O–H groups in total. The van der Waals surface area contributed by atoms with Crippen LogP contribution in [-0.2, 0) is 14.6 Å². The molecular formula is C12H14ClNO3S. The van der Waals surface area contributed by atoms with E-state index in [0.717, 1.165) is 0 Å². The minimum absolute atomic E-state index is 0.0184. The highest BCUT2D eigenvalue weighted by Gasteiger charge is 2.35. The van der Waals surface area contributed by atoms with Crippen LogP contribution in [0.1, 0.15) is 6.42 Å². The number of sulfone groups is 1. The smallest absolute Gasteiger partial charge is 0.242 e. The van der Waals surface area contributed by atoms with Crippen molar-refractivity contribution in [2.45, 2.75) is 12.5 Å². The number of hydrogen-bond donors (Lipinski definition) is 0. The Morgan fingerprint density at radius 1 is 1.33 bits per heavy atom. The van der Waals surface area contributed by atoms with Crippen LogP contribution in [-0.4, -0.2) is 37.8 Å². The minimum atomic E-state index is -3.03. The van der Waals surface area contributed by atoms with Gasteiger partial charge in [0.1, 0.15) is 5.88 Å². The molecule has 0 unspecified atom stereocenters. The molecule has 4 nitrogen and oxygen atoms in total. The lowest BCUT2D eigenvalue weighted by Crippen LogP contribution is -2.42. The second kappa shape index (κ2) is 5.28. The molecule has 0 radical (unpaired) electrons. The lowest BCUT2D eigenvalue weighted by molar-refractivity contribution is -0.116. The molecular weight excluding hydrogens is 274 g/mol. The molecule has 1 aliphatic heterocycles. The Morgan fingerprint density at radius 3 is 2.50 bits per heavy atom. The van der Waals surface area contributed by atoms with Crippen LogP contribution in [0.3, 0.4) is 0 Å². The topological polar surface area (TPSA) is 54.5 Å². The number of carbonyl (C=O) groups excluding carboxylic acids is 1. The van der Waals surface area contributed by atoms with E-state index in [2.05, 4.69) is 0 Å². The molecule has 0 aromatic heterocycles. The van der Waals surface area contributed by atoms with Crippen LogP contribution in [0.25, 0.3) is 0 Å². The fourth-order valence-corrected chi connectivity index (χ4v) is 4.02. The standard InChI is InChI=1S/C12H14ClNO3S/c13-8-12(15)14(10-4-2-1-3-5-10)11-6-7-18(16,17)9-11/h1-5,11H,6-9H2/t11-/m1/s1. The van der Waals surface area contributed by atoms with Gasteiger partial charge in [-0.15, -0.1) is 11.6 Å². The summed E-state index contributed by atoms with van der Waals surface area (Å²) in [6, 6.07) is 8.74. The predicted octanol–water partition coefficient (Wildman–Crippen LogP) is 1.45. The van der Waals surface area contributed by atoms with Crippen molar-refractivity contribution >= 4 is 33.0 Å². The number of benzene rings is 1. The molecule has 1 fully saturated rings. The molecule has 0 aliphatic carbocycles. The van der Waals surface area contributed by atoms with Gasteiger partial charge in [-0.25, -0.2) is 8.42 Å². The summed E-state index contributed by atoms with van der Waals surface area (Å²) in [5.74, 6) is -0.253. The van der Waals surface area contributed by atoms with Gasteiger partial charge in [-0.05, 0) is 18.6 Å². The van der Waals surface area contributed by atoms with Gasteiger partial charge >= 0.3 is 0 Å². The maximum atomic E-state index is 11.9. The first-order valence-corrected chi connectivity index (χ1v) is 8.02. The summed E-state index contributed by atoms with van der Waals surface area (Å²) in [6.07, 6.45) is 0.472. The number of carbonyl (C=O) groups is 1. The van der Waals surface area contributed by atoms with Gasteiger partial charge in [-0.1, -0.05) is 18.2 Å². The van der Waals surface area contributed by atoms with Gasteiger partial charge in [0.25, 0.3) is 0 Å². The van der Waals surface area contributed by atoms with Crippen LogP contribution in [0.2, 0.25) is 0 Å². The van der Waals surface area contributed by atoms with Crippen molar-refractivity contribution in [2.24, 2.45) is 0 Å². The van der Waals surface area contributed by atoms with Crippen LogP contribution < -0.4 is 4.90 Å². The Kier molecular flexibility index (Phi) is 3.92. The molecule has 1 heterocycles. The first-order valence-electron chi connectivity index (χ1n) is 5.67. The fourth-order valence-electron chi connectivity index (χ4n) is 2.19. The highest BCUT2D eigenvalue weighted by Crippen LogP contribution is 2.24. The molecule has 1 aromatic rings. The fraction of sp³-hybridized carbons (Fsp3) is 0.417. The Hall–Kier alpha value is -1.07. The van der Waals surface area contributed by atoms with Gasteiger partial charge in [0.05, 0.1) is 17.5 Å². The molecule has 0 spiro atoms. The lowest BCUT2D eigenvalue weighted by Gasteiger charge is -2.27. The third-order valence-corrected chi connectivity index (χ3v) is 4.97. The second-order valence-electron chi connectivity index (χ2n) is 4.29. The number of para-hydroxylation sites is 1. The van der Waals surface area contributed by atoms with Crippen LogP contribution in [0, 0.1) is 0 Å². The molecule has 1 atom stereocenters. The van der Waals surface area contributed by atoms with E-state index in [1.54, 1.807) is 12.1 Å². The van der Waals surface area contributed by atoms with Crippen molar-refractivity contribution in [3.63, 3.8) is 0 Å². The monoisotopic (exact) mass is 287 g/mol. The summed E-state index contributed by atoms with van der Waals surface area (Å²) >= 11 is 5.61. The van der Waals surface area contributed by atoms with E-state index in [-0.39, 0.29) is 29.3 Å². The highest BCUT2D eigenvalue weighted by molar-refractivity contribution is 7.91. The van der Waals surface area contributed by atoms with E-state index < -0.39 is 9.84 Å². The number of nitrogens with zero attached hydrogens (tertiary/aromatic N) is 1. The van der Waals surface area contributed by atoms with Crippen LogP contribution in [0.15, 0.2) is 30.3 Å². The van der Waals surface area contributed by atoms with E-state index in [4.69, 9.17) is 11.6 Å². The second-order valence-corrected chi connectivity index (χ2v) is 6.79. The third-order valence-electron chi connectivity index (χ3n) is 2.99. The zero-order valence-electron chi connectivity index (χ0n) is 9.75. The molecule has 2 rings (SSSR count). The third kappa shape index (κ3) is 2.84. The number of rotatable bonds is 3. The van der Waals surface area contributed by atoms with Gasteiger partial charge in [-0.3, -0.25) is 4.79 Å². The zero-order chi connectivity index (χ0) is 13.2. The Labute approximate surface area is 111 Å². The summed E-state index contributed by atoms with van der Waals surface area (Å²) in [4.78, 5) is 13.4. The van der Waals surface area contributed by atoms with E-state index in [0.29, 0.717) is 12.1 Å². The van der Waals surface area contributed by atoms with Gasteiger partial charge in [0.2, 0.25) is 5.91 Å². The zero-order valence-corrected chi connectivity index (χ0v) is 11.3. The lowest BCUT2D eigenvalue weighted by atomic mass is 10.2. The van der Waals surface area contributed by atoms with Crippen LogP contribution >= 0.6 is 11.6 Å². The number of alkyl halides is 1. The number of amides is 1. The maximum absolute atomic E-state index is 11.9. The Morgan fingerprint density at radius 2 is 2.00 bits per heavy atom. The Balaban J connectivity index is 2.30. The van der Waals surface area contributed by atoms with E-state index in [1.165, 1.54) is 4.90 Å². The summed E-state index contributed by atoms with van der Waals surface area (Å²) < 4.78 is 23.0. The number of hydrogen-bond acceptors (Lipinski definition) is 3. The summed E-state index contributed by atoms with van der Waals surface area (Å²) in [7, 11) is -3.03. The van der Waals surface area contributed by atoms with Crippen molar-refractivity contribution in [1.82, 2.24) is 0 Å². The first kappa shape index (κ1) is 13.4. The average molecular weight is 288 g/mol. The van der Waals surface area contributed by atoms with E-state index in [9.17, 15) is 13.2 Å². The molecule has 98 valence electrons.